The van der Waals surface area contributed by atoms with Gasteiger partial charge in [-0.25, -0.2) is 9.50 Å². The molecule has 0 radical (unpaired) electrons. The molecular formula is C14H11F3N4O. The van der Waals surface area contributed by atoms with Crippen LogP contribution in [0.1, 0.15) is 11.4 Å². The number of rotatable bonds is 3. The van der Waals surface area contributed by atoms with E-state index in [1.54, 1.807) is 18.3 Å². The number of fused-ring (bicyclic) bond motifs is 1. The molecule has 0 fully saturated rings. The number of alkyl halides is 3. The minimum atomic E-state index is -4.40. The van der Waals surface area contributed by atoms with Crippen molar-refractivity contribution in [2.75, 3.05) is 5.73 Å². The SMILES string of the molecule is Nc1ccn2nc(COc3cccc(C(F)(F)F)c3)nc2c1. The van der Waals surface area contributed by atoms with E-state index in [-0.39, 0.29) is 12.4 Å². The Morgan fingerprint density at radius 1 is 1.18 bits per heavy atom. The average Bonchev–Trinajstić information content (AvgIpc) is 2.86. The van der Waals surface area contributed by atoms with Crippen molar-refractivity contribution in [2.24, 2.45) is 0 Å². The maximum absolute atomic E-state index is 12.6. The first-order chi connectivity index (χ1) is 10.4. The maximum Gasteiger partial charge on any atom is 0.416 e. The Balaban J connectivity index is 1.76. The summed E-state index contributed by atoms with van der Waals surface area (Å²) >= 11 is 0. The molecule has 3 aromatic rings. The number of anilines is 1. The van der Waals surface area contributed by atoms with Gasteiger partial charge in [-0.05, 0) is 24.3 Å². The quantitative estimate of drug-likeness (QED) is 0.808. The van der Waals surface area contributed by atoms with Crippen LogP contribution in [0.25, 0.3) is 5.65 Å². The Morgan fingerprint density at radius 3 is 2.77 bits per heavy atom. The van der Waals surface area contributed by atoms with Gasteiger partial charge in [-0.15, -0.1) is 5.10 Å². The second-order valence-corrected chi connectivity index (χ2v) is 4.61. The van der Waals surface area contributed by atoms with Crippen LogP contribution in [0.2, 0.25) is 0 Å². The van der Waals surface area contributed by atoms with Crippen LogP contribution in [0.5, 0.6) is 5.75 Å². The monoisotopic (exact) mass is 308 g/mol. The van der Waals surface area contributed by atoms with Crippen LogP contribution in [-0.2, 0) is 12.8 Å². The van der Waals surface area contributed by atoms with E-state index in [1.807, 2.05) is 0 Å². The molecule has 0 bridgehead atoms. The number of nitrogens with two attached hydrogens (primary N) is 1. The van der Waals surface area contributed by atoms with Gasteiger partial charge >= 0.3 is 6.18 Å². The van der Waals surface area contributed by atoms with Gasteiger partial charge in [0, 0.05) is 18.0 Å². The number of nitrogens with zero attached hydrogens (tertiary/aromatic N) is 3. The van der Waals surface area contributed by atoms with E-state index in [0.29, 0.717) is 17.2 Å². The Hall–Kier alpha value is -2.77. The van der Waals surface area contributed by atoms with Crippen LogP contribution >= 0.6 is 0 Å². The fourth-order valence-corrected chi connectivity index (χ4v) is 1.91. The predicted molar refractivity (Wildman–Crippen MR) is 73.2 cm³/mol. The van der Waals surface area contributed by atoms with E-state index in [4.69, 9.17) is 10.5 Å². The molecule has 3 rings (SSSR count). The van der Waals surface area contributed by atoms with E-state index < -0.39 is 11.7 Å². The number of benzene rings is 1. The molecule has 2 N–H and O–H groups in total. The summed E-state index contributed by atoms with van der Waals surface area (Å²) in [5.41, 5.74) is 5.96. The third-order valence-electron chi connectivity index (χ3n) is 2.93. The smallest absolute Gasteiger partial charge is 0.416 e. The molecule has 22 heavy (non-hydrogen) atoms. The Labute approximate surface area is 123 Å². The van der Waals surface area contributed by atoms with E-state index in [9.17, 15) is 13.2 Å². The molecule has 1 aromatic carbocycles. The molecule has 8 heteroatoms. The largest absolute Gasteiger partial charge is 0.486 e. The lowest BCUT2D eigenvalue weighted by Crippen LogP contribution is -2.05. The molecular weight excluding hydrogens is 297 g/mol. The van der Waals surface area contributed by atoms with Crippen molar-refractivity contribution in [1.29, 1.82) is 0 Å². The lowest BCUT2D eigenvalue weighted by molar-refractivity contribution is -0.137. The van der Waals surface area contributed by atoms with Crippen LogP contribution in [0.4, 0.5) is 18.9 Å². The molecule has 5 nitrogen and oxygen atoms in total. The molecule has 0 aliphatic heterocycles. The van der Waals surface area contributed by atoms with E-state index in [0.717, 1.165) is 12.1 Å². The molecule has 2 heterocycles. The summed E-state index contributed by atoms with van der Waals surface area (Å²) in [6.45, 7) is -0.0388. The van der Waals surface area contributed by atoms with Crippen LogP contribution < -0.4 is 10.5 Å². The summed E-state index contributed by atoms with van der Waals surface area (Å²) in [7, 11) is 0. The van der Waals surface area contributed by atoms with Gasteiger partial charge in [-0.1, -0.05) is 6.07 Å². The average molecular weight is 308 g/mol. The number of hydrogen-bond acceptors (Lipinski definition) is 4. The van der Waals surface area contributed by atoms with Gasteiger partial charge in [0.1, 0.15) is 12.4 Å². The summed E-state index contributed by atoms with van der Waals surface area (Å²) < 4.78 is 44.7. The predicted octanol–water partition coefficient (Wildman–Crippen LogP) is 2.91. The first-order valence-electron chi connectivity index (χ1n) is 6.33. The van der Waals surface area contributed by atoms with Crippen LogP contribution in [0.3, 0.4) is 0 Å². The highest BCUT2D eigenvalue weighted by atomic mass is 19.4. The van der Waals surface area contributed by atoms with Crippen LogP contribution in [0, 0.1) is 0 Å². The van der Waals surface area contributed by atoms with Gasteiger partial charge < -0.3 is 10.5 Å². The number of halogens is 3. The summed E-state index contributed by atoms with van der Waals surface area (Å²) in [5, 5.41) is 4.14. The number of hydrogen-bond donors (Lipinski definition) is 1. The van der Waals surface area contributed by atoms with E-state index in [1.165, 1.54) is 16.6 Å². The van der Waals surface area contributed by atoms with E-state index >= 15 is 0 Å². The fourth-order valence-electron chi connectivity index (χ4n) is 1.91. The van der Waals surface area contributed by atoms with Crippen LogP contribution in [0.15, 0.2) is 42.6 Å². The molecule has 0 saturated heterocycles. The molecule has 0 atom stereocenters. The highest BCUT2D eigenvalue weighted by Gasteiger charge is 2.30. The normalized spacial score (nSPS) is 11.8. The lowest BCUT2D eigenvalue weighted by Gasteiger charge is -2.09. The van der Waals surface area contributed by atoms with Crippen LogP contribution in [-0.4, -0.2) is 14.6 Å². The topological polar surface area (TPSA) is 65.4 Å². The molecule has 0 saturated carbocycles. The maximum atomic E-state index is 12.6. The summed E-state index contributed by atoms with van der Waals surface area (Å²) in [4.78, 5) is 4.18. The zero-order valence-electron chi connectivity index (χ0n) is 11.2. The van der Waals surface area contributed by atoms with Crippen molar-refractivity contribution < 1.29 is 17.9 Å². The number of aromatic nitrogens is 3. The first-order valence-corrected chi connectivity index (χ1v) is 6.33. The summed E-state index contributed by atoms with van der Waals surface area (Å²) in [6, 6.07) is 7.96. The Bertz CT molecular complexity index is 813. The van der Waals surface area contributed by atoms with E-state index in [2.05, 4.69) is 10.1 Å². The number of nitrogen functional groups attached to an aromatic ring is 1. The number of ether oxygens (including phenoxy) is 1. The second-order valence-electron chi connectivity index (χ2n) is 4.61. The molecule has 2 aromatic heterocycles. The summed E-state index contributed by atoms with van der Waals surface area (Å²) in [6.07, 6.45) is -2.76. The zero-order valence-corrected chi connectivity index (χ0v) is 11.2. The lowest BCUT2D eigenvalue weighted by atomic mass is 10.2. The third kappa shape index (κ3) is 2.95. The fraction of sp³-hybridized carbons (Fsp3) is 0.143. The van der Waals surface area contributed by atoms with Gasteiger partial charge in [0.15, 0.2) is 11.5 Å². The minimum Gasteiger partial charge on any atom is -0.486 e. The number of pyridine rings is 1. The molecule has 0 amide bonds. The van der Waals surface area contributed by atoms with Crippen molar-refractivity contribution in [1.82, 2.24) is 14.6 Å². The van der Waals surface area contributed by atoms with Gasteiger partial charge in [-0.3, -0.25) is 0 Å². The second kappa shape index (κ2) is 5.21. The summed E-state index contributed by atoms with van der Waals surface area (Å²) in [5.74, 6) is 0.455. The molecule has 0 unspecified atom stereocenters. The molecule has 114 valence electrons. The third-order valence-corrected chi connectivity index (χ3v) is 2.93. The standard InChI is InChI=1S/C14H11F3N4O/c15-14(16,17)9-2-1-3-11(6-9)22-8-12-19-13-7-10(18)4-5-21(13)20-12/h1-7H,8,18H2. The van der Waals surface area contributed by atoms with Gasteiger partial charge in [0.25, 0.3) is 0 Å². The zero-order chi connectivity index (χ0) is 15.7. The van der Waals surface area contributed by atoms with Crippen molar-refractivity contribution >= 4 is 11.3 Å². The Kier molecular flexibility index (Phi) is 3.36. The first kappa shape index (κ1) is 14.2. The van der Waals surface area contributed by atoms with Crippen molar-refractivity contribution in [3.05, 3.63) is 54.0 Å². The molecule has 0 aliphatic carbocycles. The van der Waals surface area contributed by atoms with Crippen molar-refractivity contribution in [2.45, 2.75) is 12.8 Å². The van der Waals surface area contributed by atoms with Gasteiger partial charge in [-0.2, -0.15) is 13.2 Å². The molecule has 0 spiro atoms. The molecule has 0 aliphatic rings. The van der Waals surface area contributed by atoms with Crippen molar-refractivity contribution in [3.63, 3.8) is 0 Å². The highest BCUT2D eigenvalue weighted by Crippen LogP contribution is 2.31. The van der Waals surface area contributed by atoms with Gasteiger partial charge in [0.2, 0.25) is 0 Å². The van der Waals surface area contributed by atoms with Gasteiger partial charge in [0.05, 0.1) is 5.56 Å². The minimum absolute atomic E-state index is 0.0388. The highest BCUT2D eigenvalue weighted by molar-refractivity contribution is 5.50. The Morgan fingerprint density at radius 2 is 2.00 bits per heavy atom. The van der Waals surface area contributed by atoms with Crippen molar-refractivity contribution in [3.8, 4) is 5.75 Å².